The van der Waals surface area contributed by atoms with Crippen LogP contribution in [0.15, 0.2) is 30.9 Å². The van der Waals surface area contributed by atoms with Crippen molar-refractivity contribution in [2.75, 3.05) is 6.61 Å². The van der Waals surface area contributed by atoms with Gasteiger partial charge in [0.15, 0.2) is 0 Å². The Kier molecular flexibility index (Phi) is 5.06. The van der Waals surface area contributed by atoms with Crippen molar-refractivity contribution in [1.82, 2.24) is 0 Å². The number of aryl methyl sites for hydroxylation is 1. The molecule has 1 rings (SSSR count). The molecule has 88 valence electrons. The minimum atomic E-state index is -0.491. The first kappa shape index (κ1) is 12.8. The summed E-state index contributed by atoms with van der Waals surface area (Å²) in [6.45, 7) is 8.09. The molecule has 0 aliphatic heterocycles. The molecule has 0 aromatic heterocycles. The average Bonchev–Trinajstić information content (AvgIpc) is 2.26. The average molecular weight is 220 g/mol. The lowest BCUT2D eigenvalue weighted by Crippen LogP contribution is -2.02. The van der Waals surface area contributed by atoms with Gasteiger partial charge in [-0.3, -0.25) is 0 Å². The van der Waals surface area contributed by atoms with Gasteiger partial charge in [0.25, 0.3) is 0 Å². The fraction of sp³-hybridized carbons (Fsp3) is 0.429. The molecule has 0 saturated heterocycles. The Morgan fingerprint density at radius 3 is 2.88 bits per heavy atom. The van der Waals surface area contributed by atoms with Crippen LogP contribution in [0.5, 0.6) is 5.75 Å². The van der Waals surface area contributed by atoms with Gasteiger partial charge in [0.1, 0.15) is 5.75 Å². The molecule has 0 heterocycles. The number of benzene rings is 1. The largest absolute Gasteiger partial charge is 0.493 e. The topological polar surface area (TPSA) is 29.5 Å². The standard InChI is InChI=1S/C14H20O2/c1-4-5-6-9-16-14-8-7-11(2)10-13(14)12(3)15/h4,7-8,10,12,15H,1,5-6,9H2,2-3H3/t12-/m1/s1. The van der Waals surface area contributed by atoms with E-state index in [4.69, 9.17) is 4.74 Å². The fourth-order valence-electron chi connectivity index (χ4n) is 1.54. The van der Waals surface area contributed by atoms with Gasteiger partial charge in [-0.1, -0.05) is 17.7 Å². The quantitative estimate of drug-likeness (QED) is 0.588. The third kappa shape index (κ3) is 3.70. The predicted octanol–water partition coefficient (Wildman–Crippen LogP) is 3.39. The van der Waals surface area contributed by atoms with E-state index in [-0.39, 0.29) is 0 Å². The van der Waals surface area contributed by atoms with Crippen LogP contribution in [0.1, 0.15) is 37.0 Å². The van der Waals surface area contributed by atoms with E-state index < -0.39 is 6.10 Å². The number of aliphatic hydroxyl groups is 1. The minimum Gasteiger partial charge on any atom is -0.493 e. The molecule has 1 atom stereocenters. The molecule has 0 aliphatic carbocycles. The summed E-state index contributed by atoms with van der Waals surface area (Å²) in [5.41, 5.74) is 1.99. The molecule has 2 heteroatoms. The number of unbranched alkanes of at least 4 members (excludes halogenated alkanes) is 1. The van der Waals surface area contributed by atoms with Crippen LogP contribution in [0.4, 0.5) is 0 Å². The Morgan fingerprint density at radius 1 is 1.50 bits per heavy atom. The molecule has 0 unspecified atom stereocenters. The Bertz CT molecular complexity index is 343. The monoisotopic (exact) mass is 220 g/mol. The zero-order chi connectivity index (χ0) is 12.0. The van der Waals surface area contributed by atoms with Crippen LogP contribution in [0, 0.1) is 6.92 Å². The van der Waals surface area contributed by atoms with Crippen molar-refractivity contribution in [3.05, 3.63) is 42.0 Å². The van der Waals surface area contributed by atoms with Gasteiger partial charge in [-0.15, -0.1) is 6.58 Å². The summed E-state index contributed by atoms with van der Waals surface area (Å²) in [7, 11) is 0. The van der Waals surface area contributed by atoms with E-state index >= 15 is 0 Å². The van der Waals surface area contributed by atoms with Crippen LogP contribution in [0.25, 0.3) is 0 Å². The minimum absolute atomic E-state index is 0.491. The van der Waals surface area contributed by atoms with Crippen molar-refractivity contribution in [3.63, 3.8) is 0 Å². The maximum atomic E-state index is 9.64. The summed E-state index contributed by atoms with van der Waals surface area (Å²) in [6.07, 6.45) is 3.30. The first-order chi connectivity index (χ1) is 7.65. The molecular formula is C14H20O2. The Labute approximate surface area is 97.6 Å². The summed E-state index contributed by atoms with van der Waals surface area (Å²) in [5, 5.41) is 9.64. The predicted molar refractivity (Wildman–Crippen MR) is 66.7 cm³/mol. The van der Waals surface area contributed by atoms with Gasteiger partial charge in [0.05, 0.1) is 12.7 Å². The van der Waals surface area contributed by atoms with E-state index in [0.717, 1.165) is 29.7 Å². The molecule has 0 radical (unpaired) electrons. The molecule has 1 N–H and O–H groups in total. The molecule has 0 aliphatic rings. The summed E-state index contributed by atoms with van der Waals surface area (Å²) in [4.78, 5) is 0. The third-order valence-corrected chi connectivity index (χ3v) is 2.43. The van der Waals surface area contributed by atoms with Crippen molar-refractivity contribution < 1.29 is 9.84 Å². The maximum absolute atomic E-state index is 9.64. The van der Waals surface area contributed by atoms with Crippen molar-refractivity contribution in [3.8, 4) is 5.75 Å². The van der Waals surface area contributed by atoms with E-state index in [9.17, 15) is 5.11 Å². The number of ether oxygens (including phenoxy) is 1. The third-order valence-electron chi connectivity index (χ3n) is 2.43. The molecule has 2 nitrogen and oxygen atoms in total. The van der Waals surface area contributed by atoms with Crippen LogP contribution in [0.2, 0.25) is 0 Å². The van der Waals surface area contributed by atoms with Crippen molar-refractivity contribution in [2.24, 2.45) is 0 Å². The summed E-state index contributed by atoms with van der Waals surface area (Å²) in [5.74, 6) is 0.782. The molecule has 1 aromatic carbocycles. The van der Waals surface area contributed by atoms with E-state index in [2.05, 4.69) is 6.58 Å². The van der Waals surface area contributed by atoms with Crippen LogP contribution >= 0.6 is 0 Å². The number of aliphatic hydroxyl groups excluding tert-OH is 1. The molecular weight excluding hydrogens is 200 g/mol. The highest BCUT2D eigenvalue weighted by Gasteiger charge is 2.08. The number of hydrogen-bond acceptors (Lipinski definition) is 2. The number of hydrogen-bond donors (Lipinski definition) is 1. The second-order valence-electron chi connectivity index (χ2n) is 4.00. The van der Waals surface area contributed by atoms with Crippen LogP contribution < -0.4 is 4.74 Å². The van der Waals surface area contributed by atoms with E-state index in [0.29, 0.717) is 6.61 Å². The molecule has 0 saturated carbocycles. The molecule has 1 aromatic rings. The van der Waals surface area contributed by atoms with Crippen molar-refractivity contribution in [1.29, 1.82) is 0 Å². The van der Waals surface area contributed by atoms with Gasteiger partial charge in [0, 0.05) is 5.56 Å². The van der Waals surface area contributed by atoms with Crippen molar-refractivity contribution >= 4 is 0 Å². The maximum Gasteiger partial charge on any atom is 0.125 e. The van der Waals surface area contributed by atoms with E-state index in [1.165, 1.54) is 0 Å². The summed E-state index contributed by atoms with van der Waals surface area (Å²) >= 11 is 0. The van der Waals surface area contributed by atoms with Gasteiger partial charge >= 0.3 is 0 Å². The molecule has 16 heavy (non-hydrogen) atoms. The van der Waals surface area contributed by atoms with Crippen LogP contribution in [0.3, 0.4) is 0 Å². The zero-order valence-corrected chi connectivity index (χ0v) is 10.1. The smallest absolute Gasteiger partial charge is 0.125 e. The Hall–Kier alpha value is -1.28. The highest BCUT2D eigenvalue weighted by atomic mass is 16.5. The lowest BCUT2D eigenvalue weighted by Gasteiger charge is -2.14. The lowest BCUT2D eigenvalue weighted by molar-refractivity contribution is 0.191. The Morgan fingerprint density at radius 2 is 2.25 bits per heavy atom. The molecule has 0 bridgehead atoms. The molecule has 0 fully saturated rings. The fourth-order valence-corrected chi connectivity index (χ4v) is 1.54. The highest BCUT2D eigenvalue weighted by Crippen LogP contribution is 2.26. The van der Waals surface area contributed by atoms with E-state index in [1.54, 1.807) is 6.92 Å². The second kappa shape index (κ2) is 6.33. The van der Waals surface area contributed by atoms with Crippen molar-refractivity contribution in [2.45, 2.75) is 32.8 Å². The van der Waals surface area contributed by atoms with Gasteiger partial charge in [0.2, 0.25) is 0 Å². The summed E-state index contributed by atoms with van der Waals surface area (Å²) in [6, 6.07) is 5.88. The van der Waals surface area contributed by atoms with Crippen LogP contribution in [-0.4, -0.2) is 11.7 Å². The van der Waals surface area contributed by atoms with Gasteiger partial charge < -0.3 is 9.84 Å². The summed E-state index contributed by atoms with van der Waals surface area (Å²) < 4.78 is 5.65. The lowest BCUT2D eigenvalue weighted by atomic mass is 10.1. The molecule has 0 spiro atoms. The van der Waals surface area contributed by atoms with Gasteiger partial charge in [-0.05, 0) is 38.8 Å². The second-order valence-corrected chi connectivity index (χ2v) is 4.00. The van der Waals surface area contributed by atoms with E-state index in [1.807, 2.05) is 31.2 Å². The Balaban J connectivity index is 2.67. The zero-order valence-electron chi connectivity index (χ0n) is 10.1. The first-order valence-electron chi connectivity index (χ1n) is 5.67. The highest BCUT2D eigenvalue weighted by molar-refractivity contribution is 5.38. The number of allylic oxidation sites excluding steroid dienone is 1. The SMILES string of the molecule is C=CCCCOc1ccc(C)cc1[C@@H](C)O. The normalized spacial score (nSPS) is 12.2. The molecule has 0 amide bonds. The van der Waals surface area contributed by atoms with Crippen LogP contribution in [-0.2, 0) is 0 Å². The first-order valence-corrected chi connectivity index (χ1v) is 5.67. The number of rotatable bonds is 6. The van der Waals surface area contributed by atoms with Gasteiger partial charge in [-0.25, -0.2) is 0 Å². The van der Waals surface area contributed by atoms with Gasteiger partial charge in [-0.2, -0.15) is 0 Å².